The van der Waals surface area contributed by atoms with Crippen molar-refractivity contribution in [3.05, 3.63) is 71.0 Å². The molecule has 2 amide bonds. The maximum atomic E-state index is 13.5. The molecule has 0 bridgehead atoms. The Morgan fingerprint density at radius 3 is 2.56 bits per heavy atom. The molecule has 132 valence electrons. The summed E-state index contributed by atoms with van der Waals surface area (Å²) in [4.78, 5) is 25.4. The highest BCUT2D eigenvalue weighted by molar-refractivity contribution is 5.78. The van der Waals surface area contributed by atoms with E-state index in [0.29, 0.717) is 25.2 Å². The normalized spacial score (nSPS) is 10.4. The summed E-state index contributed by atoms with van der Waals surface area (Å²) in [6.07, 6.45) is -0.00930. The lowest BCUT2D eigenvalue weighted by Gasteiger charge is -2.21. The Labute approximate surface area is 147 Å². The van der Waals surface area contributed by atoms with E-state index in [1.807, 2.05) is 31.2 Å². The molecule has 1 N–H and O–H groups in total. The first-order valence-electron chi connectivity index (χ1n) is 8.27. The van der Waals surface area contributed by atoms with Crippen LogP contribution >= 0.6 is 0 Å². The Balaban J connectivity index is 1.84. The Morgan fingerprint density at radius 1 is 1.12 bits per heavy atom. The van der Waals surface area contributed by atoms with Crippen LogP contribution in [0.5, 0.6) is 0 Å². The highest BCUT2D eigenvalue weighted by atomic mass is 19.1. The van der Waals surface area contributed by atoms with Crippen molar-refractivity contribution in [1.82, 2.24) is 10.2 Å². The number of nitrogens with one attached hydrogen (secondary N) is 1. The summed E-state index contributed by atoms with van der Waals surface area (Å²) in [7, 11) is 0. The number of aryl methyl sites for hydroxylation is 1. The molecule has 0 aliphatic heterocycles. The number of carbonyl (C=O) groups excluding carboxylic acids is 2. The Morgan fingerprint density at radius 2 is 1.88 bits per heavy atom. The van der Waals surface area contributed by atoms with Crippen molar-refractivity contribution in [3.63, 3.8) is 0 Å². The van der Waals surface area contributed by atoms with Gasteiger partial charge in [0.2, 0.25) is 11.8 Å². The third-order valence-corrected chi connectivity index (χ3v) is 3.91. The molecule has 2 rings (SSSR count). The first-order valence-corrected chi connectivity index (χ1v) is 8.27. The summed E-state index contributed by atoms with van der Waals surface area (Å²) < 4.78 is 13.5. The van der Waals surface area contributed by atoms with Crippen LogP contribution in [0.1, 0.15) is 23.6 Å². The minimum atomic E-state index is -0.387. The van der Waals surface area contributed by atoms with Crippen molar-refractivity contribution in [1.29, 1.82) is 0 Å². The molecule has 0 saturated heterocycles. The van der Waals surface area contributed by atoms with E-state index in [0.717, 1.165) is 11.1 Å². The zero-order valence-electron chi connectivity index (χ0n) is 14.6. The van der Waals surface area contributed by atoms with Crippen LogP contribution in [0.2, 0.25) is 0 Å². The quantitative estimate of drug-likeness (QED) is 0.841. The van der Waals surface area contributed by atoms with E-state index in [-0.39, 0.29) is 24.1 Å². The molecule has 0 aliphatic carbocycles. The van der Waals surface area contributed by atoms with E-state index < -0.39 is 0 Å². The lowest BCUT2D eigenvalue weighted by Crippen LogP contribution is -2.37. The topological polar surface area (TPSA) is 49.4 Å². The molecular weight excluding hydrogens is 319 g/mol. The monoisotopic (exact) mass is 342 g/mol. The van der Waals surface area contributed by atoms with Gasteiger partial charge in [-0.15, -0.1) is 0 Å². The van der Waals surface area contributed by atoms with Crippen molar-refractivity contribution in [2.24, 2.45) is 0 Å². The van der Waals surface area contributed by atoms with Gasteiger partial charge in [-0.25, -0.2) is 4.39 Å². The average molecular weight is 342 g/mol. The molecule has 0 heterocycles. The Bertz CT molecular complexity index is 746. The number of rotatable bonds is 7. The minimum absolute atomic E-state index is 0.00930. The first kappa shape index (κ1) is 18.6. The molecule has 4 nitrogen and oxygen atoms in total. The number of hydrogen-bond donors (Lipinski definition) is 1. The van der Waals surface area contributed by atoms with Crippen LogP contribution in [0.3, 0.4) is 0 Å². The molecule has 0 fully saturated rings. The summed E-state index contributed by atoms with van der Waals surface area (Å²) in [5, 5.41) is 2.74. The summed E-state index contributed by atoms with van der Waals surface area (Å²) >= 11 is 0. The van der Waals surface area contributed by atoms with Crippen molar-refractivity contribution in [3.8, 4) is 0 Å². The van der Waals surface area contributed by atoms with E-state index in [4.69, 9.17) is 0 Å². The lowest BCUT2D eigenvalue weighted by molar-refractivity contribution is -0.130. The van der Waals surface area contributed by atoms with Gasteiger partial charge in [-0.1, -0.05) is 48.0 Å². The van der Waals surface area contributed by atoms with E-state index in [1.165, 1.54) is 13.0 Å². The van der Waals surface area contributed by atoms with Crippen LogP contribution in [-0.2, 0) is 22.6 Å². The fourth-order valence-corrected chi connectivity index (χ4v) is 2.59. The summed E-state index contributed by atoms with van der Waals surface area (Å²) in [5.74, 6) is -0.698. The van der Waals surface area contributed by atoms with Crippen LogP contribution in [0.4, 0.5) is 4.39 Å². The van der Waals surface area contributed by atoms with Crippen molar-refractivity contribution in [2.75, 3.05) is 13.1 Å². The molecule has 0 aliphatic rings. The largest absolute Gasteiger partial charge is 0.354 e. The molecule has 0 radical (unpaired) electrons. The molecule has 2 aromatic rings. The van der Waals surface area contributed by atoms with Crippen LogP contribution in [-0.4, -0.2) is 29.8 Å². The summed E-state index contributed by atoms with van der Waals surface area (Å²) in [5.41, 5.74) is 2.55. The molecular formula is C20H23FN2O2. The number of carbonyl (C=O) groups is 2. The van der Waals surface area contributed by atoms with E-state index in [1.54, 1.807) is 23.1 Å². The molecule has 2 aromatic carbocycles. The maximum absolute atomic E-state index is 13.5. The van der Waals surface area contributed by atoms with Crippen LogP contribution in [0, 0.1) is 12.7 Å². The van der Waals surface area contributed by atoms with Gasteiger partial charge < -0.3 is 10.2 Å². The predicted octanol–water partition coefficient (Wildman–Crippen LogP) is 2.84. The number of halogens is 1. The van der Waals surface area contributed by atoms with Gasteiger partial charge in [-0.05, 0) is 24.1 Å². The van der Waals surface area contributed by atoms with Crippen LogP contribution < -0.4 is 5.32 Å². The number of hydrogen-bond acceptors (Lipinski definition) is 2. The third-order valence-electron chi connectivity index (χ3n) is 3.91. The first-order chi connectivity index (χ1) is 12.0. The van der Waals surface area contributed by atoms with Crippen molar-refractivity contribution in [2.45, 2.75) is 26.8 Å². The van der Waals surface area contributed by atoms with Crippen LogP contribution in [0.15, 0.2) is 48.5 Å². The molecule has 0 atom stereocenters. The zero-order chi connectivity index (χ0) is 18.2. The van der Waals surface area contributed by atoms with Crippen molar-refractivity contribution < 1.29 is 14.0 Å². The second kappa shape index (κ2) is 8.97. The van der Waals surface area contributed by atoms with E-state index >= 15 is 0 Å². The average Bonchev–Trinajstić information content (AvgIpc) is 2.56. The summed E-state index contributed by atoms with van der Waals surface area (Å²) in [6, 6.07) is 14.2. The van der Waals surface area contributed by atoms with E-state index in [9.17, 15) is 14.0 Å². The summed E-state index contributed by atoms with van der Waals surface area (Å²) in [6.45, 7) is 4.76. The van der Waals surface area contributed by atoms with Gasteiger partial charge in [-0.3, -0.25) is 9.59 Å². The third kappa shape index (κ3) is 6.03. The zero-order valence-corrected chi connectivity index (χ0v) is 14.6. The van der Waals surface area contributed by atoms with Gasteiger partial charge in [-0.2, -0.15) is 0 Å². The fourth-order valence-electron chi connectivity index (χ4n) is 2.59. The second-order valence-electron chi connectivity index (χ2n) is 6.05. The molecule has 5 heteroatoms. The van der Waals surface area contributed by atoms with Crippen molar-refractivity contribution >= 4 is 11.8 Å². The second-order valence-corrected chi connectivity index (χ2v) is 6.05. The highest BCUT2D eigenvalue weighted by Crippen LogP contribution is 2.08. The van der Waals surface area contributed by atoms with Gasteiger partial charge in [0.25, 0.3) is 0 Å². The molecule has 0 saturated carbocycles. The fraction of sp³-hybridized carbons (Fsp3) is 0.300. The molecule has 0 aromatic heterocycles. The van der Waals surface area contributed by atoms with Gasteiger partial charge in [0.05, 0.1) is 6.42 Å². The number of benzene rings is 2. The number of amides is 2. The van der Waals surface area contributed by atoms with Gasteiger partial charge >= 0.3 is 0 Å². The Kier molecular flexibility index (Phi) is 6.69. The highest BCUT2D eigenvalue weighted by Gasteiger charge is 2.11. The standard InChI is InChI=1S/C20H23FN2O2/c1-15-6-5-7-17(12-15)14-23(16(2)24)11-10-22-20(25)13-18-8-3-4-9-19(18)21/h3-9,12H,10-11,13-14H2,1-2H3,(H,22,25). The van der Waals surface area contributed by atoms with Crippen LogP contribution in [0.25, 0.3) is 0 Å². The maximum Gasteiger partial charge on any atom is 0.224 e. The van der Waals surface area contributed by atoms with E-state index in [2.05, 4.69) is 5.32 Å². The minimum Gasteiger partial charge on any atom is -0.354 e. The smallest absolute Gasteiger partial charge is 0.224 e. The molecule has 25 heavy (non-hydrogen) atoms. The van der Waals surface area contributed by atoms with Gasteiger partial charge in [0.15, 0.2) is 0 Å². The SMILES string of the molecule is CC(=O)N(CCNC(=O)Cc1ccccc1F)Cc1cccc(C)c1. The van der Waals surface area contributed by atoms with Gasteiger partial charge in [0.1, 0.15) is 5.82 Å². The Hall–Kier alpha value is -2.69. The predicted molar refractivity (Wildman–Crippen MR) is 95.4 cm³/mol. The molecule has 0 spiro atoms. The number of nitrogens with zero attached hydrogens (tertiary/aromatic N) is 1. The van der Waals surface area contributed by atoms with Gasteiger partial charge in [0, 0.05) is 26.6 Å². The molecule has 0 unspecified atom stereocenters. The lowest BCUT2D eigenvalue weighted by atomic mass is 10.1.